The maximum atomic E-state index is 13.2. The third-order valence-electron chi connectivity index (χ3n) is 9.23. The highest BCUT2D eigenvalue weighted by Gasteiger charge is 2.25. The number of hydrogen-bond acceptors (Lipinski definition) is 6. The van der Waals surface area contributed by atoms with Gasteiger partial charge in [-0.05, 0) is 86.8 Å². The number of carbonyl (C=O) groups is 4. The number of phenols is 2. The Morgan fingerprint density at radius 1 is 0.500 bits per heavy atom. The second-order valence-corrected chi connectivity index (χ2v) is 13.5. The molecular weight excluding hydrogens is 632 g/mol. The van der Waals surface area contributed by atoms with E-state index in [4.69, 9.17) is 0 Å². The second kappa shape index (κ2) is 24.1. The van der Waals surface area contributed by atoms with Crippen LogP contribution in [0.1, 0.15) is 162 Å². The molecule has 2 aromatic rings. The van der Waals surface area contributed by atoms with Crippen molar-refractivity contribution in [2.45, 2.75) is 143 Å². The number of aryl methyl sites for hydroxylation is 2. The molecule has 0 saturated heterocycles. The van der Waals surface area contributed by atoms with E-state index in [-0.39, 0.29) is 34.4 Å². The van der Waals surface area contributed by atoms with Gasteiger partial charge in [-0.15, -0.1) is 0 Å². The first-order valence-corrected chi connectivity index (χ1v) is 19.0. The average molecular weight is 695 g/mol. The lowest BCUT2D eigenvalue weighted by Crippen LogP contribution is -2.46. The lowest BCUT2D eigenvalue weighted by Gasteiger charge is -2.21. The Kier molecular flexibility index (Phi) is 20.3. The van der Waals surface area contributed by atoms with Crippen LogP contribution in [-0.2, 0) is 22.4 Å². The first-order chi connectivity index (χ1) is 24.1. The Hall–Kier alpha value is -4.08. The molecule has 0 bridgehead atoms. The fraction of sp³-hybridized carbons (Fsp3) is 0.600. The molecule has 4 amide bonds. The summed E-state index contributed by atoms with van der Waals surface area (Å²) in [5, 5.41) is 20.7. The van der Waals surface area contributed by atoms with Gasteiger partial charge in [-0.2, -0.15) is 0 Å². The maximum absolute atomic E-state index is 13.2. The summed E-state index contributed by atoms with van der Waals surface area (Å²) in [5.41, 5.74) is 12.1. The Bertz CT molecular complexity index is 1250. The minimum Gasteiger partial charge on any atom is -0.507 e. The molecule has 10 heteroatoms. The van der Waals surface area contributed by atoms with Crippen LogP contribution in [0.25, 0.3) is 0 Å². The Morgan fingerprint density at radius 3 is 1.24 bits per heavy atom. The normalized spacial score (nSPS) is 12.2. The highest BCUT2D eigenvalue weighted by Crippen LogP contribution is 2.23. The number of aromatic hydroxyl groups is 2. The Labute approximate surface area is 299 Å². The van der Waals surface area contributed by atoms with E-state index in [1.54, 1.807) is 12.1 Å². The molecule has 0 aromatic heterocycles. The molecule has 0 aliphatic rings. The van der Waals surface area contributed by atoms with Crippen molar-refractivity contribution in [3.8, 4) is 11.5 Å². The van der Waals surface area contributed by atoms with Crippen molar-refractivity contribution in [1.82, 2.24) is 21.7 Å². The molecule has 10 nitrogen and oxygen atoms in total. The van der Waals surface area contributed by atoms with E-state index in [9.17, 15) is 29.4 Å². The number of nitrogens with one attached hydrogen (secondary N) is 4. The molecule has 0 heterocycles. The van der Waals surface area contributed by atoms with Gasteiger partial charge in [-0.25, -0.2) is 0 Å². The zero-order valence-corrected chi connectivity index (χ0v) is 30.9. The number of amides is 4. The topological polar surface area (TPSA) is 157 Å². The predicted molar refractivity (Wildman–Crippen MR) is 198 cm³/mol. The molecule has 0 saturated carbocycles. The first kappa shape index (κ1) is 42.1. The largest absolute Gasteiger partial charge is 0.507 e. The third kappa shape index (κ3) is 15.2. The highest BCUT2D eigenvalue weighted by atomic mass is 16.3. The van der Waals surface area contributed by atoms with Crippen molar-refractivity contribution < 1.29 is 29.4 Å². The molecule has 0 aliphatic carbocycles. The van der Waals surface area contributed by atoms with Gasteiger partial charge in [0, 0.05) is 11.8 Å². The zero-order chi connectivity index (χ0) is 36.7. The van der Waals surface area contributed by atoms with Gasteiger partial charge in [0.2, 0.25) is 11.8 Å². The second-order valence-electron chi connectivity index (χ2n) is 13.5. The molecule has 0 aliphatic heterocycles. The molecule has 0 spiro atoms. The summed E-state index contributed by atoms with van der Waals surface area (Å²) in [7, 11) is 0. The van der Waals surface area contributed by atoms with E-state index in [2.05, 4.69) is 35.6 Å². The summed E-state index contributed by atoms with van der Waals surface area (Å²) in [4.78, 5) is 52.2. The van der Waals surface area contributed by atoms with E-state index >= 15 is 0 Å². The van der Waals surface area contributed by atoms with Crippen LogP contribution in [0.4, 0.5) is 0 Å². The van der Waals surface area contributed by atoms with Gasteiger partial charge in [0.05, 0.1) is 11.1 Å². The molecule has 278 valence electrons. The lowest BCUT2D eigenvalue weighted by molar-refractivity contribution is -0.128. The summed E-state index contributed by atoms with van der Waals surface area (Å²) in [6.07, 6.45) is 16.3. The Morgan fingerprint density at radius 2 is 0.880 bits per heavy atom. The van der Waals surface area contributed by atoms with E-state index in [1.165, 1.54) is 50.7 Å². The number of phenolic OH excluding ortho intramolecular Hbond substituents is 2. The fourth-order valence-corrected chi connectivity index (χ4v) is 6.19. The van der Waals surface area contributed by atoms with Crippen molar-refractivity contribution in [2.75, 3.05) is 0 Å². The number of hydrogen-bond donors (Lipinski definition) is 6. The van der Waals surface area contributed by atoms with Crippen LogP contribution in [0.15, 0.2) is 36.4 Å². The summed E-state index contributed by atoms with van der Waals surface area (Å²) >= 11 is 0. The number of carbonyl (C=O) groups excluding carboxylic acids is 4. The summed E-state index contributed by atoms with van der Waals surface area (Å²) in [6, 6.07) is 9.98. The molecule has 0 radical (unpaired) electrons. The van der Waals surface area contributed by atoms with Crippen LogP contribution >= 0.6 is 0 Å². The minimum absolute atomic E-state index is 0.104. The van der Waals surface area contributed by atoms with Crippen LogP contribution in [0.3, 0.4) is 0 Å². The van der Waals surface area contributed by atoms with Crippen molar-refractivity contribution in [1.29, 1.82) is 0 Å². The van der Waals surface area contributed by atoms with Crippen molar-refractivity contribution >= 4 is 23.6 Å². The summed E-state index contributed by atoms with van der Waals surface area (Å²) in [5.74, 6) is -3.13. The van der Waals surface area contributed by atoms with E-state index in [0.717, 1.165) is 62.5 Å². The average Bonchev–Trinajstić information content (AvgIpc) is 3.11. The molecule has 2 atom stereocenters. The van der Waals surface area contributed by atoms with Crippen LogP contribution in [0.2, 0.25) is 0 Å². The van der Waals surface area contributed by atoms with Gasteiger partial charge >= 0.3 is 0 Å². The molecule has 2 aromatic carbocycles. The highest BCUT2D eigenvalue weighted by molar-refractivity contribution is 5.98. The Balaban J connectivity index is 1.92. The lowest BCUT2D eigenvalue weighted by atomic mass is 9.89. The zero-order valence-electron chi connectivity index (χ0n) is 30.9. The number of benzene rings is 2. The van der Waals surface area contributed by atoms with Gasteiger partial charge in [0.1, 0.15) is 11.5 Å². The van der Waals surface area contributed by atoms with Gasteiger partial charge in [-0.3, -0.25) is 40.9 Å². The number of rotatable bonds is 23. The van der Waals surface area contributed by atoms with Crippen LogP contribution < -0.4 is 21.7 Å². The molecule has 2 unspecified atom stereocenters. The molecular formula is C40H62N4O6. The van der Waals surface area contributed by atoms with E-state index in [0.29, 0.717) is 25.7 Å². The fourth-order valence-electron chi connectivity index (χ4n) is 6.19. The van der Waals surface area contributed by atoms with Crippen LogP contribution in [0.5, 0.6) is 11.5 Å². The SMILES string of the molecule is CCCCCCCc1ccc(O)c(C(=O)NNC(=O)C(CCC)CCC(CCC)C(=O)NNC(=O)c2cc(CCCCCCC)ccc2O)c1. The molecule has 6 N–H and O–H groups in total. The smallest absolute Gasteiger partial charge is 0.273 e. The standard InChI is InChI=1S/C40H62N4O6/c1-5-9-11-13-15-19-29-21-25-35(45)33(27-29)39(49)43-41-37(47)31(17-7-3)23-24-32(18-8-4)38(48)42-44-40(50)34-28-30(22-26-36(34)46)20-16-14-12-10-6-2/h21-22,25-28,31-32,45-46H,5-20,23-24H2,1-4H3,(H,41,47)(H,42,48)(H,43,49)(H,44,50). The van der Waals surface area contributed by atoms with Crippen LogP contribution in [0, 0.1) is 11.8 Å². The van der Waals surface area contributed by atoms with Crippen molar-refractivity contribution in [3.63, 3.8) is 0 Å². The maximum Gasteiger partial charge on any atom is 0.273 e. The summed E-state index contributed by atoms with van der Waals surface area (Å²) in [6.45, 7) is 8.27. The minimum atomic E-state index is -0.596. The third-order valence-corrected chi connectivity index (χ3v) is 9.23. The van der Waals surface area contributed by atoms with E-state index in [1.807, 2.05) is 26.0 Å². The van der Waals surface area contributed by atoms with E-state index < -0.39 is 23.7 Å². The van der Waals surface area contributed by atoms with Gasteiger partial charge in [0.25, 0.3) is 11.8 Å². The van der Waals surface area contributed by atoms with Crippen molar-refractivity contribution in [3.05, 3.63) is 58.7 Å². The monoisotopic (exact) mass is 694 g/mol. The summed E-state index contributed by atoms with van der Waals surface area (Å²) < 4.78 is 0. The molecule has 2 rings (SSSR count). The molecule has 0 fully saturated rings. The van der Waals surface area contributed by atoms with Gasteiger partial charge < -0.3 is 10.2 Å². The number of hydrazine groups is 2. The van der Waals surface area contributed by atoms with Gasteiger partial charge in [-0.1, -0.05) is 104 Å². The van der Waals surface area contributed by atoms with Crippen LogP contribution in [-0.4, -0.2) is 33.8 Å². The predicted octanol–water partition coefficient (Wildman–Crippen LogP) is 7.96. The van der Waals surface area contributed by atoms with Gasteiger partial charge in [0.15, 0.2) is 0 Å². The quantitative estimate of drug-likeness (QED) is 0.0512. The number of unbranched alkanes of at least 4 members (excludes halogenated alkanes) is 8. The molecule has 50 heavy (non-hydrogen) atoms. The first-order valence-electron chi connectivity index (χ1n) is 19.0. The van der Waals surface area contributed by atoms with Crippen molar-refractivity contribution in [2.24, 2.45) is 11.8 Å².